The first-order valence-corrected chi connectivity index (χ1v) is 10.5. The Morgan fingerprint density at radius 2 is 1.39 bits per heavy atom. The minimum Gasteiger partial charge on any atom is -0.365 e. The number of nitrogens with two attached hydrogens (primary N) is 1. The number of aryl methyl sites for hydroxylation is 1. The fraction of sp³-hybridized carbons (Fsp3) is 0.750. The van der Waals surface area contributed by atoms with Crippen molar-refractivity contribution in [2.24, 2.45) is 5.73 Å². The summed E-state index contributed by atoms with van der Waals surface area (Å²) in [5, 5.41) is 2.17. The first-order chi connectivity index (χ1) is 11.2. The summed E-state index contributed by atoms with van der Waals surface area (Å²) in [5.74, 6) is -0.242. The molecule has 1 amide bonds. The van der Waals surface area contributed by atoms with E-state index in [0.29, 0.717) is 0 Å². The molecule has 0 saturated carbocycles. The molecule has 0 atom stereocenters. The molecule has 1 aromatic rings. The number of hydrogen-bond donors (Lipinski definition) is 1. The van der Waals surface area contributed by atoms with Crippen LogP contribution in [0, 0.1) is 0 Å². The van der Waals surface area contributed by atoms with Crippen LogP contribution in [0.4, 0.5) is 0 Å². The maximum atomic E-state index is 11.7. The van der Waals surface area contributed by atoms with E-state index in [0.717, 1.165) is 17.7 Å². The van der Waals surface area contributed by atoms with Gasteiger partial charge in [0, 0.05) is 0 Å². The highest BCUT2D eigenvalue weighted by atomic mass is 32.1. The standard InChI is InChI=1S/C20H35NOS/c1-3-5-7-9-11-13-15-18-17(14-12-10-8-6-4-2)16-23-19(18)20(21)22/h16H,3-15H2,1-2H3,(H2,21,22). The van der Waals surface area contributed by atoms with E-state index in [9.17, 15) is 4.79 Å². The lowest BCUT2D eigenvalue weighted by atomic mass is 9.98. The number of thiophene rings is 1. The molecule has 1 rings (SSSR count). The average Bonchev–Trinajstić information content (AvgIpc) is 2.94. The van der Waals surface area contributed by atoms with Gasteiger partial charge in [0.05, 0.1) is 4.88 Å². The lowest BCUT2D eigenvalue weighted by molar-refractivity contribution is 0.100. The Bertz CT molecular complexity index is 439. The smallest absolute Gasteiger partial charge is 0.259 e. The van der Waals surface area contributed by atoms with Gasteiger partial charge in [-0.25, -0.2) is 0 Å². The monoisotopic (exact) mass is 337 g/mol. The summed E-state index contributed by atoms with van der Waals surface area (Å²) in [6, 6.07) is 0. The summed E-state index contributed by atoms with van der Waals surface area (Å²) >= 11 is 1.55. The van der Waals surface area contributed by atoms with E-state index in [1.807, 2.05) is 0 Å². The number of carbonyl (C=O) groups excluding carboxylic acids is 1. The molecule has 0 bridgehead atoms. The molecule has 0 spiro atoms. The normalized spacial score (nSPS) is 11.0. The third-order valence-electron chi connectivity index (χ3n) is 4.53. The molecule has 0 aliphatic carbocycles. The highest BCUT2D eigenvalue weighted by Gasteiger charge is 2.15. The van der Waals surface area contributed by atoms with Crippen molar-refractivity contribution in [2.75, 3.05) is 0 Å². The van der Waals surface area contributed by atoms with Crippen LogP contribution in [0.5, 0.6) is 0 Å². The molecule has 1 aromatic heterocycles. The number of hydrogen-bond acceptors (Lipinski definition) is 2. The summed E-state index contributed by atoms with van der Waals surface area (Å²) in [5.41, 5.74) is 8.20. The SMILES string of the molecule is CCCCCCCCc1c(CCCCCCC)csc1C(N)=O. The predicted molar refractivity (Wildman–Crippen MR) is 102 cm³/mol. The van der Waals surface area contributed by atoms with Gasteiger partial charge in [-0.3, -0.25) is 4.79 Å². The molecule has 0 fully saturated rings. The summed E-state index contributed by atoms with van der Waals surface area (Å²) in [7, 11) is 0. The van der Waals surface area contributed by atoms with Gasteiger partial charge in [-0.15, -0.1) is 11.3 Å². The van der Waals surface area contributed by atoms with E-state index in [1.54, 1.807) is 11.3 Å². The van der Waals surface area contributed by atoms with E-state index in [2.05, 4.69) is 19.2 Å². The minimum atomic E-state index is -0.242. The molecule has 132 valence electrons. The number of primary amides is 1. The molecule has 2 nitrogen and oxygen atoms in total. The molecule has 2 N–H and O–H groups in total. The Kier molecular flexibility index (Phi) is 11.1. The Morgan fingerprint density at radius 3 is 1.96 bits per heavy atom. The first-order valence-electron chi connectivity index (χ1n) is 9.59. The van der Waals surface area contributed by atoms with Crippen molar-refractivity contribution < 1.29 is 4.79 Å². The summed E-state index contributed by atoms with van der Waals surface area (Å²) in [6.07, 6.45) is 16.4. The van der Waals surface area contributed by atoms with Crippen LogP contribution in [0.25, 0.3) is 0 Å². The number of carbonyl (C=O) groups is 1. The Morgan fingerprint density at radius 1 is 0.870 bits per heavy atom. The van der Waals surface area contributed by atoms with Crippen LogP contribution in [-0.2, 0) is 12.8 Å². The van der Waals surface area contributed by atoms with Crippen molar-refractivity contribution in [3.8, 4) is 0 Å². The first kappa shape index (κ1) is 20.2. The Balaban J connectivity index is 2.46. The van der Waals surface area contributed by atoms with Crippen molar-refractivity contribution in [1.82, 2.24) is 0 Å². The second kappa shape index (κ2) is 12.6. The molecule has 0 aliphatic rings. The zero-order valence-electron chi connectivity index (χ0n) is 15.2. The highest BCUT2D eigenvalue weighted by Crippen LogP contribution is 2.26. The molecule has 1 heterocycles. The van der Waals surface area contributed by atoms with E-state index >= 15 is 0 Å². The zero-order chi connectivity index (χ0) is 16.9. The molecule has 0 saturated heterocycles. The van der Waals surface area contributed by atoms with Crippen LogP contribution in [0.15, 0.2) is 5.38 Å². The molecule has 0 unspecified atom stereocenters. The van der Waals surface area contributed by atoms with E-state index in [4.69, 9.17) is 5.73 Å². The molecule has 3 heteroatoms. The predicted octanol–water partition coefficient (Wildman–Crippen LogP) is 6.26. The summed E-state index contributed by atoms with van der Waals surface area (Å²) in [6.45, 7) is 4.49. The van der Waals surface area contributed by atoms with Gasteiger partial charge < -0.3 is 5.73 Å². The molecule has 0 radical (unpaired) electrons. The van der Waals surface area contributed by atoms with Gasteiger partial charge in [0.1, 0.15) is 0 Å². The Labute approximate surface area is 146 Å². The molecule has 0 aromatic carbocycles. The van der Waals surface area contributed by atoms with Gasteiger partial charge in [-0.05, 0) is 42.2 Å². The maximum absolute atomic E-state index is 11.7. The lowest BCUT2D eigenvalue weighted by Gasteiger charge is -2.07. The van der Waals surface area contributed by atoms with Crippen LogP contribution in [-0.4, -0.2) is 5.91 Å². The van der Waals surface area contributed by atoms with Crippen LogP contribution >= 0.6 is 11.3 Å². The van der Waals surface area contributed by atoms with Crippen molar-refractivity contribution >= 4 is 17.2 Å². The Hall–Kier alpha value is -0.830. The molecular formula is C20H35NOS. The van der Waals surface area contributed by atoms with E-state index < -0.39 is 0 Å². The van der Waals surface area contributed by atoms with E-state index in [-0.39, 0.29) is 5.91 Å². The van der Waals surface area contributed by atoms with Gasteiger partial charge >= 0.3 is 0 Å². The van der Waals surface area contributed by atoms with E-state index in [1.165, 1.54) is 81.8 Å². The second-order valence-electron chi connectivity index (χ2n) is 6.61. The van der Waals surface area contributed by atoms with Crippen LogP contribution in [0.1, 0.15) is 105 Å². The number of rotatable bonds is 14. The van der Waals surface area contributed by atoms with Crippen LogP contribution in [0.2, 0.25) is 0 Å². The second-order valence-corrected chi connectivity index (χ2v) is 7.49. The van der Waals surface area contributed by atoms with Gasteiger partial charge in [-0.1, -0.05) is 71.6 Å². The van der Waals surface area contributed by atoms with Crippen LogP contribution < -0.4 is 5.73 Å². The molecular weight excluding hydrogens is 302 g/mol. The molecule has 23 heavy (non-hydrogen) atoms. The zero-order valence-corrected chi connectivity index (χ0v) is 16.0. The summed E-state index contributed by atoms with van der Waals surface area (Å²) < 4.78 is 0. The van der Waals surface area contributed by atoms with Crippen LogP contribution in [0.3, 0.4) is 0 Å². The topological polar surface area (TPSA) is 43.1 Å². The fourth-order valence-electron chi connectivity index (χ4n) is 3.11. The van der Waals surface area contributed by atoms with Crippen molar-refractivity contribution in [3.63, 3.8) is 0 Å². The highest BCUT2D eigenvalue weighted by molar-refractivity contribution is 7.12. The summed E-state index contributed by atoms with van der Waals surface area (Å²) in [4.78, 5) is 12.5. The van der Waals surface area contributed by atoms with Crippen molar-refractivity contribution in [3.05, 3.63) is 21.4 Å². The quantitative estimate of drug-likeness (QED) is 0.400. The fourth-order valence-corrected chi connectivity index (χ4v) is 4.12. The number of amides is 1. The largest absolute Gasteiger partial charge is 0.365 e. The van der Waals surface area contributed by atoms with Crippen molar-refractivity contribution in [1.29, 1.82) is 0 Å². The number of unbranched alkanes of at least 4 members (excludes halogenated alkanes) is 9. The van der Waals surface area contributed by atoms with Gasteiger partial charge in [0.2, 0.25) is 0 Å². The van der Waals surface area contributed by atoms with Gasteiger partial charge in [-0.2, -0.15) is 0 Å². The molecule has 0 aliphatic heterocycles. The minimum absolute atomic E-state index is 0.242. The third-order valence-corrected chi connectivity index (χ3v) is 5.62. The maximum Gasteiger partial charge on any atom is 0.259 e. The van der Waals surface area contributed by atoms with Gasteiger partial charge in [0.25, 0.3) is 5.91 Å². The van der Waals surface area contributed by atoms with Gasteiger partial charge in [0.15, 0.2) is 0 Å². The third kappa shape index (κ3) is 8.01. The average molecular weight is 338 g/mol. The van der Waals surface area contributed by atoms with Crippen molar-refractivity contribution in [2.45, 2.75) is 97.3 Å². The lowest BCUT2D eigenvalue weighted by Crippen LogP contribution is -2.12.